The predicted molar refractivity (Wildman–Crippen MR) is 54.4 cm³/mol. The Bertz CT molecular complexity index is 318. The van der Waals surface area contributed by atoms with Crippen LogP contribution in [0.4, 0.5) is 0 Å². The van der Waals surface area contributed by atoms with Crippen molar-refractivity contribution >= 4 is 0 Å². The van der Waals surface area contributed by atoms with Gasteiger partial charge in [0.2, 0.25) is 0 Å². The van der Waals surface area contributed by atoms with Gasteiger partial charge in [0, 0.05) is 0 Å². The van der Waals surface area contributed by atoms with Crippen molar-refractivity contribution in [3.63, 3.8) is 0 Å². The van der Waals surface area contributed by atoms with Crippen LogP contribution in [-0.2, 0) is 0 Å². The predicted octanol–water partition coefficient (Wildman–Crippen LogP) is 1.71. The minimum atomic E-state index is 0.00989. The van der Waals surface area contributed by atoms with Crippen molar-refractivity contribution in [1.29, 1.82) is 0 Å². The first-order valence-electron chi connectivity index (χ1n) is 4.41. The van der Waals surface area contributed by atoms with E-state index in [9.17, 15) is 5.11 Å². The van der Waals surface area contributed by atoms with Crippen LogP contribution in [-0.4, -0.2) is 23.4 Å². The summed E-state index contributed by atoms with van der Waals surface area (Å²) in [5.41, 5.74) is 0.927. The molecule has 0 aliphatic heterocycles. The van der Waals surface area contributed by atoms with Gasteiger partial charge in [0.1, 0.15) is 6.61 Å². The maximum absolute atomic E-state index is 9.36. The Morgan fingerprint density at radius 1 is 1.43 bits per heavy atom. The van der Waals surface area contributed by atoms with Crippen LogP contribution in [0.2, 0.25) is 0 Å². The molecule has 1 aromatic carbocycles. The van der Waals surface area contributed by atoms with Gasteiger partial charge in [-0.3, -0.25) is 0 Å². The molecule has 14 heavy (non-hydrogen) atoms. The number of aliphatic hydroxyl groups excluding tert-OH is 1. The standard InChI is InChI=1S/C11H14O3/c1-9(6-7-12)8-14-11-5-3-2-4-10(11)13/h2-6,12-13H,7-8H2,1H3/b9-6+. The van der Waals surface area contributed by atoms with E-state index in [1.807, 2.05) is 6.92 Å². The first-order valence-corrected chi connectivity index (χ1v) is 4.41. The smallest absolute Gasteiger partial charge is 0.161 e. The molecule has 0 atom stereocenters. The number of hydrogen-bond donors (Lipinski definition) is 2. The molecule has 1 aromatic rings. The molecular formula is C11H14O3. The third kappa shape index (κ3) is 3.11. The molecule has 3 nitrogen and oxygen atoms in total. The Morgan fingerprint density at radius 2 is 2.14 bits per heavy atom. The van der Waals surface area contributed by atoms with Gasteiger partial charge in [0.15, 0.2) is 11.5 Å². The molecule has 0 heterocycles. The van der Waals surface area contributed by atoms with E-state index < -0.39 is 0 Å². The van der Waals surface area contributed by atoms with Crippen LogP contribution in [0.3, 0.4) is 0 Å². The maximum Gasteiger partial charge on any atom is 0.161 e. The third-order valence-electron chi connectivity index (χ3n) is 1.76. The zero-order chi connectivity index (χ0) is 10.4. The molecule has 0 saturated carbocycles. The van der Waals surface area contributed by atoms with E-state index in [1.54, 1.807) is 30.3 Å². The van der Waals surface area contributed by atoms with Crippen LogP contribution in [0.25, 0.3) is 0 Å². The zero-order valence-electron chi connectivity index (χ0n) is 8.10. The number of hydrogen-bond acceptors (Lipinski definition) is 3. The summed E-state index contributed by atoms with van der Waals surface area (Å²) in [6.45, 7) is 2.24. The van der Waals surface area contributed by atoms with Crippen molar-refractivity contribution in [2.24, 2.45) is 0 Å². The molecule has 3 heteroatoms. The van der Waals surface area contributed by atoms with Gasteiger partial charge in [-0.15, -0.1) is 0 Å². The molecular weight excluding hydrogens is 180 g/mol. The minimum absolute atomic E-state index is 0.00989. The van der Waals surface area contributed by atoms with Gasteiger partial charge in [-0.1, -0.05) is 18.2 Å². The largest absolute Gasteiger partial charge is 0.504 e. The minimum Gasteiger partial charge on any atom is -0.504 e. The van der Waals surface area contributed by atoms with Crippen LogP contribution in [0.15, 0.2) is 35.9 Å². The molecule has 76 valence electrons. The molecule has 0 saturated heterocycles. The third-order valence-corrected chi connectivity index (χ3v) is 1.76. The van der Waals surface area contributed by atoms with Crippen LogP contribution >= 0.6 is 0 Å². The van der Waals surface area contributed by atoms with Crippen LogP contribution < -0.4 is 4.74 Å². The van der Waals surface area contributed by atoms with Gasteiger partial charge in [-0.2, -0.15) is 0 Å². The average molecular weight is 194 g/mol. The van der Waals surface area contributed by atoms with Crippen molar-refractivity contribution < 1.29 is 14.9 Å². The number of phenolic OH excluding ortho intramolecular Hbond substituents is 1. The molecule has 1 rings (SSSR count). The molecule has 0 aliphatic carbocycles. The SMILES string of the molecule is C/C(=C\CO)COc1ccccc1O. The number of aromatic hydroxyl groups is 1. The second kappa shape index (κ2) is 5.29. The van der Waals surface area contributed by atoms with Crippen molar-refractivity contribution in [1.82, 2.24) is 0 Å². The van der Waals surface area contributed by atoms with Gasteiger partial charge < -0.3 is 14.9 Å². The highest BCUT2D eigenvalue weighted by atomic mass is 16.5. The molecule has 0 aliphatic rings. The van der Waals surface area contributed by atoms with Crippen molar-refractivity contribution in [2.45, 2.75) is 6.92 Å². The fourth-order valence-corrected chi connectivity index (χ4v) is 0.986. The van der Waals surface area contributed by atoms with Crippen LogP contribution in [0.1, 0.15) is 6.92 Å². The number of aliphatic hydroxyl groups is 1. The molecule has 0 unspecified atom stereocenters. The monoisotopic (exact) mass is 194 g/mol. The Hall–Kier alpha value is -1.48. The lowest BCUT2D eigenvalue weighted by molar-refractivity contribution is 0.319. The number of ether oxygens (including phenoxy) is 1. The van der Waals surface area contributed by atoms with Gasteiger partial charge in [0.05, 0.1) is 6.61 Å². The summed E-state index contributed by atoms with van der Waals surface area (Å²) in [7, 11) is 0. The second-order valence-corrected chi connectivity index (χ2v) is 2.99. The lowest BCUT2D eigenvalue weighted by Gasteiger charge is -2.07. The highest BCUT2D eigenvalue weighted by molar-refractivity contribution is 5.38. The van der Waals surface area contributed by atoms with Crippen LogP contribution in [0.5, 0.6) is 11.5 Å². The van der Waals surface area contributed by atoms with Gasteiger partial charge in [-0.05, 0) is 24.6 Å². The Labute approximate surface area is 83.3 Å². The Kier molecular flexibility index (Phi) is 4.01. The highest BCUT2D eigenvalue weighted by Gasteiger charge is 1.99. The number of benzene rings is 1. The second-order valence-electron chi connectivity index (χ2n) is 2.99. The summed E-state index contributed by atoms with van der Waals surface area (Å²) < 4.78 is 5.32. The van der Waals surface area contributed by atoms with E-state index in [0.29, 0.717) is 12.4 Å². The lowest BCUT2D eigenvalue weighted by atomic mass is 10.3. The van der Waals surface area contributed by atoms with E-state index in [1.165, 1.54) is 0 Å². The molecule has 0 aromatic heterocycles. The van der Waals surface area contributed by atoms with E-state index >= 15 is 0 Å². The summed E-state index contributed by atoms with van der Waals surface area (Å²) in [4.78, 5) is 0. The summed E-state index contributed by atoms with van der Waals surface area (Å²) in [5, 5.41) is 18.0. The molecule has 0 spiro atoms. The van der Waals surface area contributed by atoms with Gasteiger partial charge in [0.25, 0.3) is 0 Å². The molecule has 0 radical (unpaired) electrons. The Morgan fingerprint density at radius 3 is 2.79 bits per heavy atom. The van der Waals surface area contributed by atoms with Gasteiger partial charge >= 0.3 is 0 Å². The summed E-state index contributed by atoms with van der Waals surface area (Å²) in [6, 6.07) is 6.79. The molecule has 0 fully saturated rings. The number of para-hydroxylation sites is 2. The van der Waals surface area contributed by atoms with Crippen molar-refractivity contribution in [3.05, 3.63) is 35.9 Å². The van der Waals surface area contributed by atoms with Crippen molar-refractivity contribution in [3.8, 4) is 11.5 Å². The lowest BCUT2D eigenvalue weighted by Crippen LogP contribution is -1.99. The van der Waals surface area contributed by atoms with Gasteiger partial charge in [-0.25, -0.2) is 0 Å². The fourth-order valence-electron chi connectivity index (χ4n) is 0.986. The summed E-state index contributed by atoms with van der Waals surface area (Å²) in [6.07, 6.45) is 1.67. The zero-order valence-corrected chi connectivity index (χ0v) is 8.10. The molecule has 2 N–H and O–H groups in total. The Balaban J connectivity index is 2.54. The fraction of sp³-hybridized carbons (Fsp3) is 0.273. The summed E-state index contributed by atoms with van der Waals surface area (Å²) in [5.74, 6) is 0.586. The first-order chi connectivity index (χ1) is 6.74. The maximum atomic E-state index is 9.36. The number of rotatable bonds is 4. The molecule has 0 bridgehead atoms. The molecule has 0 amide bonds. The van der Waals surface area contributed by atoms with E-state index in [2.05, 4.69) is 0 Å². The van der Waals surface area contributed by atoms with Crippen molar-refractivity contribution in [2.75, 3.05) is 13.2 Å². The average Bonchev–Trinajstić information content (AvgIpc) is 2.17. The van der Waals surface area contributed by atoms with E-state index in [4.69, 9.17) is 9.84 Å². The highest BCUT2D eigenvalue weighted by Crippen LogP contribution is 2.24. The topological polar surface area (TPSA) is 49.7 Å². The number of phenols is 1. The van der Waals surface area contributed by atoms with E-state index in [-0.39, 0.29) is 12.4 Å². The quantitative estimate of drug-likeness (QED) is 0.717. The van der Waals surface area contributed by atoms with Crippen LogP contribution in [0, 0.1) is 0 Å². The first kappa shape index (κ1) is 10.6. The van der Waals surface area contributed by atoms with E-state index in [0.717, 1.165) is 5.57 Å². The summed E-state index contributed by atoms with van der Waals surface area (Å²) >= 11 is 0. The normalized spacial score (nSPS) is 11.4.